The van der Waals surface area contributed by atoms with Crippen molar-refractivity contribution in [2.24, 2.45) is 7.05 Å². The van der Waals surface area contributed by atoms with E-state index in [2.05, 4.69) is 10.4 Å². The minimum absolute atomic E-state index is 0.00916. The fourth-order valence-electron chi connectivity index (χ4n) is 2.57. The summed E-state index contributed by atoms with van der Waals surface area (Å²) in [7, 11) is 1.87. The summed E-state index contributed by atoms with van der Waals surface area (Å²) in [5.74, 6) is -0.654. The van der Waals surface area contributed by atoms with Gasteiger partial charge in [-0.05, 0) is 31.9 Å². The molecule has 124 valence electrons. The maximum absolute atomic E-state index is 13.5. The second-order valence-corrected chi connectivity index (χ2v) is 5.61. The lowest BCUT2D eigenvalue weighted by atomic mass is 10.1. The molecular formula is C17H22FN3O2. The lowest BCUT2D eigenvalue weighted by molar-refractivity contribution is -0.121. The number of carbonyl (C=O) groups excluding carboxylic acids is 1. The van der Waals surface area contributed by atoms with Gasteiger partial charge in [-0.2, -0.15) is 5.10 Å². The topological polar surface area (TPSA) is 67.2 Å². The summed E-state index contributed by atoms with van der Waals surface area (Å²) in [4.78, 5) is 11.9. The highest BCUT2D eigenvalue weighted by molar-refractivity contribution is 5.76. The lowest BCUT2D eigenvalue weighted by Gasteiger charge is -2.13. The summed E-state index contributed by atoms with van der Waals surface area (Å²) in [5, 5.41) is 16.9. The van der Waals surface area contributed by atoms with E-state index in [4.69, 9.17) is 0 Å². The Bertz CT molecular complexity index is 697. The Morgan fingerprint density at radius 3 is 2.70 bits per heavy atom. The van der Waals surface area contributed by atoms with Gasteiger partial charge in [0.1, 0.15) is 5.82 Å². The minimum Gasteiger partial charge on any atom is -0.386 e. The molecule has 0 saturated heterocycles. The molecule has 1 atom stereocenters. The molecule has 0 spiro atoms. The first-order chi connectivity index (χ1) is 10.9. The lowest BCUT2D eigenvalue weighted by Crippen LogP contribution is -2.28. The zero-order valence-corrected chi connectivity index (χ0v) is 13.6. The molecule has 0 aliphatic rings. The summed E-state index contributed by atoms with van der Waals surface area (Å²) in [5.41, 5.74) is 3.22. The molecule has 2 aromatic rings. The van der Waals surface area contributed by atoms with Gasteiger partial charge in [-0.25, -0.2) is 4.39 Å². The second kappa shape index (κ2) is 7.37. The Hall–Kier alpha value is -2.21. The third-order valence-corrected chi connectivity index (χ3v) is 4.02. The summed E-state index contributed by atoms with van der Waals surface area (Å²) in [6, 6.07) is 6.00. The van der Waals surface area contributed by atoms with Crippen LogP contribution >= 0.6 is 0 Å². The molecule has 6 heteroatoms. The van der Waals surface area contributed by atoms with Crippen LogP contribution in [0.4, 0.5) is 4.39 Å². The second-order valence-electron chi connectivity index (χ2n) is 5.61. The number of amides is 1. The van der Waals surface area contributed by atoms with Crippen LogP contribution in [0.3, 0.4) is 0 Å². The van der Waals surface area contributed by atoms with Gasteiger partial charge in [0.2, 0.25) is 5.91 Å². The molecule has 0 radical (unpaired) electrons. The van der Waals surface area contributed by atoms with Crippen molar-refractivity contribution in [3.8, 4) is 0 Å². The third kappa shape index (κ3) is 4.16. The first-order valence-electron chi connectivity index (χ1n) is 7.58. The van der Waals surface area contributed by atoms with Crippen LogP contribution in [0.5, 0.6) is 0 Å². The highest BCUT2D eigenvalue weighted by Crippen LogP contribution is 2.16. The Morgan fingerprint density at radius 1 is 1.39 bits per heavy atom. The van der Waals surface area contributed by atoms with Crippen molar-refractivity contribution in [2.75, 3.05) is 6.54 Å². The number of aromatic nitrogens is 2. The molecule has 1 aromatic heterocycles. The zero-order valence-electron chi connectivity index (χ0n) is 13.6. The molecule has 0 aliphatic carbocycles. The fourth-order valence-corrected chi connectivity index (χ4v) is 2.57. The number of carbonyl (C=O) groups is 1. The summed E-state index contributed by atoms with van der Waals surface area (Å²) < 4.78 is 15.3. The van der Waals surface area contributed by atoms with Gasteiger partial charge in [-0.15, -0.1) is 0 Å². The minimum atomic E-state index is -1.05. The van der Waals surface area contributed by atoms with Crippen molar-refractivity contribution in [2.45, 2.75) is 32.8 Å². The van der Waals surface area contributed by atoms with Gasteiger partial charge in [0.05, 0.1) is 11.8 Å². The van der Waals surface area contributed by atoms with Gasteiger partial charge < -0.3 is 10.4 Å². The number of halogens is 1. The van der Waals surface area contributed by atoms with E-state index in [1.165, 1.54) is 12.1 Å². The molecule has 23 heavy (non-hydrogen) atoms. The molecule has 1 heterocycles. The number of aliphatic hydroxyl groups is 1. The van der Waals surface area contributed by atoms with Crippen LogP contribution in [0.1, 0.15) is 35.0 Å². The van der Waals surface area contributed by atoms with E-state index >= 15 is 0 Å². The summed E-state index contributed by atoms with van der Waals surface area (Å²) in [6.45, 7) is 3.88. The van der Waals surface area contributed by atoms with Crippen LogP contribution in [-0.4, -0.2) is 27.3 Å². The standard InChI is InChI=1S/C17H22FN3O2/c1-11-13(12(2)21(3)20-11)8-9-17(23)19-10-16(22)14-6-4-5-7-15(14)18/h4-7,16,22H,8-10H2,1-3H3,(H,19,23). The van der Waals surface area contributed by atoms with Gasteiger partial charge >= 0.3 is 0 Å². The van der Waals surface area contributed by atoms with Crippen molar-refractivity contribution in [1.29, 1.82) is 0 Å². The smallest absolute Gasteiger partial charge is 0.220 e. The van der Waals surface area contributed by atoms with Crippen molar-refractivity contribution >= 4 is 5.91 Å². The summed E-state index contributed by atoms with van der Waals surface area (Å²) >= 11 is 0. The van der Waals surface area contributed by atoms with Crippen molar-refractivity contribution in [3.05, 3.63) is 52.6 Å². The Morgan fingerprint density at radius 2 is 2.09 bits per heavy atom. The van der Waals surface area contributed by atoms with E-state index in [1.807, 2.05) is 20.9 Å². The van der Waals surface area contributed by atoms with Crippen LogP contribution in [-0.2, 0) is 18.3 Å². The molecule has 0 fully saturated rings. The third-order valence-electron chi connectivity index (χ3n) is 4.02. The van der Waals surface area contributed by atoms with Crippen LogP contribution in [0.2, 0.25) is 0 Å². The van der Waals surface area contributed by atoms with E-state index < -0.39 is 11.9 Å². The van der Waals surface area contributed by atoms with Gasteiger partial charge in [0, 0.05) is 31.3 Å². The number of hydrogen-bond acceptors (Lipinski definition) is 3. The fraction of sp³-hybridized carbons (Fsp3) is 0.412. The first-order valence-corrected chi connectivity index (χ1v) is 7.58. The van der Waals surface area contributed by atoms with Crippen molar-refractivity contribution in [3.63, 3.8) is 0 Å². The number of benzene rings is 1. The first kappa shape index (κ1) is 17.1. The zero-order chi connectivity index (χ0) is 17.0. The normalized spacial score (nSPS) is 12.2. The number of aryl methyl sites for hydroxylation is 2. The van der Waals surface area contributed by atoms with Crippen molar-refractivity contribution in [1.82, 2.24) is 15.1 Å². The predicted molar refractivity (Wildman–Crippen MR) is 85.4 cm³/mol. The highest BCUT2D eigenvalue weighted by Gasteiger charge is 2.15. The van der Waals surface area contributed by atoms with Crippen LogP contribution < -0.4 is 5.32 Å². The number of rotatable bonds is 6. The molecule has 0 aliphatic heterocycles. The maximum Gasteiger partial charge on any atom is 0.220 e. The maximum atomic E-state index is 13.5. The van der Waals surface area contributed by atoms with Gasteiger partial charge in [-0.1, -0.05) is 18.2 Å². The largest absolute Gasteiger partial charge is 0.386 e. The SMILES string of the molecule is Cc1nn(C)c(C)c1CCC(=O)NCC(O)c1ccccc1F. The van der Waals surface area contributed by atoms with Gasteiger partial charge in [0.15, 0.2) is 0 Å². The average Bonchev–Trinajstić information content (AvgIpc) is 2.76. The molecule has 5 nitrogen and oxygen atoms in total. The van der Waals surface area contributed by atoms with Crippen molar-refractivity contribution < 1.29 is 14.3 Å². The number of nitrogens with zero attached hydrogens (tertiary/aromatic N) is 2. The molecule has 0 saturated carbocycles. The van der Waals surface area contributed by atoms with E-state index in [1.54, 1.807) is 16.8 Å². The number of nitrogens with one attached hydrogen (secondary N) is 1. The molecule has 1 aromatic carbocycles. The molecule has 1 unspecified atom stereocenters. The molecule has 2 N–H and O–H groups in total. The van der Waals surface area contributed by atoms with E-state index in [-0.39, 0.29) is 18.0 Å². The molecule has 1 amide bonds. The van der Waals surface area contributed by atoms with E-state index in [0.717, 1.165) is 17.0 Å². The molecule has 0 bridgehead atoms. The monoisotopic (exact) mass is 319 g/mol. The van der Waals surface area contributed by atoms with Gasteiger partial charge in [0.25, 0.3) is 0 Å². The van der Waals surface area contributed by atoms with Crippen LogP contribution in [0.15, 0.2) is 24.3 Å². The van der Waals surface area contributed by atoms with Crippen LogP contribution in [0, 0.1) is 19.7 Å². The van der Waals surface area contributed by atoms with Gasteiger partial charge in [-0.3, -0.25) is 9.48 Å². The molecule has 2 rings (SSSR count). The Labute approximate surface area is 135 Å². The number of aliphatic hydroxyl groups excluding tert-OH is 1. The van der Waals surface area contributed by atoms with Crippen LogP contribution in [0.25, 0.3) is 0 Å². The molecular weight excluding hydrogens is 297 g/mol. The van der Waals surface area contributed by atoms with E-state index in [9.17, 15) is 14.3 Å². The number of hydrogen-bond donors (Lipinski definition) is 2. The van der Waals surface area contributed by atoms with E-state index in [0.29, 0.717) is 12.8 Å². The average molecular weight is 319 g/mol. The predicted octanol–water partition coefficient (Wildman–Crippen LogP) is 1.96. The Kier molecular flexibility index (Phi) is 5.50. The highest BCUT2D eigenvalue weighted by atomic mass is 19.1. The Balaban J connectivity index is 1.85. The quantitative estimate of drug-likeness (QED) is 0.855. The summed E-state index contributed by atoms with van der Waals surface area (Å²) in [6.07, 6.45) is -0.160.